The lowest BCUT2D eigenvalue weighted by atomic mass is 9.97. The van der Waals surface area contributed by atoms with E-state index in [4.69, 9.17) is 14.5 Å². The number of guanidine groups is 1. The Morgan fingerprint density at radius 2 is 1.93 bits per heavy atom. The highest BCUT2D eigenvalue weighted by Crippen LogP contribution is 2.32. The summed E-state index contributed by atoms with van der Waals surface area (Å²) in [4.78, 5) is 21.4. The quantitative estimate of drug-likeness (QED) is 0.448. The number of benzene rings is 1. The molecule has 0 bridgehead atoms. The van der Waals surface area contributed by atoms with E-state index in [2.05, 4.69) is 34.2 Å². The zero-order valence-corrected chi connectivity index (χ0v) is 17.9. The first-order chi connectivity index (χ1) is 14.2. The van der Waals surface area contributed by atoms with Crippen molar-refractivity contribution < 1.29 is 14.3 Å². The molecule has 0 amide bonds. The maximum absolute atomic E-state index is 11.8. The van der Waals surface area contributed by atoms with Gasteiger partial charge in [-0.15, -0.1) is 0 Å². The smallest absolute Gasteiger partial charge is 0.308 e. The fourth-order valence-electron chi connectivity index (χ4n) is 4.23. The van der Waals surface area contributed by atoms with Crippen molar-refractivity contribution in [3.63, 3.8) is 0 Å². The number of carbonyl (C=O) groups excluding carboxylic acids is 1. The molecule has 0 saturated carbocycles. The monoisotopic (exact) mass is 402 g/mol. The summed E-state index contributed by atoms with van der Waals surface area (Å²) in [5, 5.41) is 3.42. The van der Waals surface area contributed by atoms with Crippen LogP contribution in [0.2, 0.25) is 0 Å². The second kappa shape index (κ2) is 10.4. The molecule has 1 atom stereocenters. The first kappa shape index (κ1) is 21.3. The van der Waals surface area contributed by atoms with Crippen molar-refractivity contribution in [1.29, 1.82) is 0 Å². The minimum Gasteiger partial charge on any atom is -0.495 e. The summed E-state index contributed by atoms with van der Waals surface area (Å²) in [6.45, 7) is 7.44. The van der Waals surface area contributed by atoms with Gasteiger partial charge in [0.05, 0.1) is 25.8 Å². The maximum Gasteiger partial charge on any atom is 0.308 e. The Bertz CT molecular complexity index is 701. The van der Waals surface area contributed by atoms with Crippen molar-refractivity contribution in [3.8, 4) is 5.75 Å². The third kappa shape index (κ3) is 5.34. The van der Waals surface area contributed by atoms with Gasteiger partial charge >= 0.3 is 5.97 Å². The summed E-state index contributed by atoms with van der Waals surface area (Å²) >= 11 is 0. The van der Waals surface area contributed by atoms with Crippen molar-refractivity contribution in [1.82, 2.24) is 10.2 Å². The molecule has 7 heteroatoms. The minimum absolute atomic E-state index is 0.0170. The Labute approximate surface area is 174 Å². The molecule has 1 aromatic rings. The van der Waals surface area contributed by atoms with Gasteiger partial charge in [0.25, 0.3) is 0 Å². The van der Waals surface area contributed by atoms with Crippen LogP contribution in [0.3, 0.4) is 0 Å². The standard InChI is InChI=1S/C22H34N4O3/c1-4-23-22(25-13-10-18(11-14-25)21(27)29-3)24-15-17-9-12-26(16-17)19-7-5-6-8-20(19)28-2/h5-8,17-18H,4,9-16H2,1-3H3,(H,23,24). The predicted molar refractivity (Wildman–Crippen MR) is 116 cm³/mol. The molecule has 160 valence electrons. The van der Waals surface area contributed by atoms with E-state index in [1.165, 1.54) is 12.8 Å². The average molecular weight is 403 g/mol. The number of piperidine rings is 1. The van der Waals surface area contributed by atoms with Gasteiger partial charge in [-0.05, 0) is 44.2 Å². The van der Waals surface area contributed by atoms with Crippen LogP contribution in [-0.4, -0.2) is 70.3 Å². The van der Waals surface area contributed by atoms with Gasteiger partial charge in [0, 0.05) is 39.3 Å². The second-order valence-electron chi connectivity index (χ2n) is 7.75. The third-order valence-corrected chi connectivity index (χ3v) is 5.87. The van der Waals surface area contributed by atoms with Crippen molar-refractivity contribution in [3.05, 3.63) is 24.3 Å². The van der Waals surface area contributed by atoms with Gasteiger partial charge in [0.1, 0.15) is 5.75 Å². The number of rotatable bonds is 6. The number of anilines is 1. The van der Waals surface area contributed by atoms with Gasteiger partial charge in [-0.2, -0.15) is 0 Å². The molecule has 2 aliphatic rings. The molecule has 0 radical (unpaired) electrons. The van der Waals surface area contributed by atoms with Crippen molar-refractivity contribution in [2.75, 3.05) is 58.4 Å². The van der Waals surface area contributed by atoms with E-state index in [0.717, 1.165) is 70.2 Å². The largest absolute Gasteiger partial charge is 0.495 e. The number of aliphatic imine (C=N–C) groups is 1. The number of hydrogen-bond donors (Lipinski definition) is 1. The topological polar surface area (TPSA) is 66.4 Å². The number of likely N-dealkylation sites (tertiary alicyclic amines) is 1. The predicted octanol–water partition coefficient (Wildman–Crippen LogP) is 2.37. The lowest BCUT2D eigenvalue weighted by Gasteiger charge is -2.33. The van der Waals surface area contributed by atoms with Crippen molar-refractivity contribution >= 4 is 17.6 Å². The summed E-state index contributed by atoms with van der Waals surface area (Å²) in [7, 11) is 3.19. The molecule has 2 heterocycles. The van der Waals surface area contributed by atoms with Crippen LogP contribution >= 0.6 is 0 Å². The van der Waals surface area contributed by atoms with Crippen molar-refractivity contribution in [2.45, 2.75) is 26.2 Å². The molecule has 29 heavy (non-hydrogen) atoms. The first-order valence-corrected chi connectivity index (χ1v) is 10.6. The lowest BCUT2D eigenvalue weighted by Crippen LogP contribution is -2.46. The number of nitrogens with one attached hydrogen (secondary N) is 1. The summed E-state index contributed by atoms with van der Waals surface area (Å²) in [5.74, 6) is 2.35. The number of hydrogen-bond acceptors (Lipinski definition) is 5. The molecule has 0 aromatic heterocycles. The van der Waals surface area contributed by atoms with E-state index >= 15 is 0 Å². The zero-order valence-electron chi connectivity index (χ0n) is 17.9. The van der Waals surface area contributed by atoms with Gasteiger partial charge in [0.15, 0.2) is 5.96 Å². The highest BCUT2D eigenvalue weighted by Gasteiger charge is 2.28. The Kier molecular flexibility index (Phi) is 7.61. The highest BCUT2D eigenvalue weighted by atomic mass is 16.5. The molecule has 2 fully saturated rings. The number of carbonyl (C=O) groups is 1. The summed E-state index contributed by atoms with van der Waals surface area (Å²) in [5.41, 5.74) is 1.17. The van der Waals surface area contributed by atoms with Gasteiger partial charge in [0.2, 0.25) is 0 Å². The van der Waals surface area contributed by atoms with E-state index in [1.54, 1.807) is 7.11 Å². The summed E-state index contributed by atoms with van der Waals surface area (Å²) in [6, 6.07) is 8.21. The van der Waals surface area contributed by atoms with E-state index in [0.29, 0.717) is 5.92 Å². The molecule has 0 aliphatic carbocycles. The zero-order chi connectivity index (χ0) is 20.6. The SMILES string of the molecule is CCNC(=NCC1CCN(c2ccccc2OC)C1)N1CCC(C(=O)OC)CC1. The number of ether oxygens (including phenoxy) is 2. The second-order valence-corrected chi connectivity index (χ2v) is 7.75. The van der Waals surface area contributed by atoms with E-state index in [-0.39, 0.29) is 11.9 Å². The van der Waals surface area contributed by atoms with E-state index < -0.39 is 0 Å². The molecule has 2 saturated heterocycles. The van der Waals surface area contributed by atoms with Crippen LogP contribution in [0.1, 0.15) is 26.2 Å². The van der Waals surface area contributed by atoms with Crippen LogP contribution in [-0.2, 0) is 9.53 Å². The van der Waals surface area contributed by atoms with Crippen molar-refractivity contribution in [2.24, 2.45) is 16.8 Å². The van der Waals surface area contributed by atoms with Gasteiger partial charge in [-0.1, -0.05) is 12.1 Å². The fourth-order valence-corrected chi connectivity index (χ4v) is 4.23. The van der Waals surface area contributed by atoms with Crippen LogP contribution < -0.4 is 15.0 Å². The fraction of sp³-hybridized carbons (Fsp3) is 0.636. The molecular formula is C22H34N4O3. The normalized spacial score (nSPS) is 20.7. The van der Waals surface area contributed by atoms with Crippen LogP contribution in [0.5, 0.6) is 5.75 Å². The molecule has 1 aromatic carbocycles. The summed E-state index contributed by atoms with van der Waals surface area (Å²) < 4.78 is 10.4. The summed E-state index contributed by atoms with van der Waals surface area (Å²) in [6.07, 6.45) is 2.77. The number of methoxy groups -OCH3 is 2. The van der Waals surface area contributed by atoms with Crippen LogP contribution in [0.15, 0.2) is 29.3 Å². The van der Waals surface area contributed by atoms with Gasteiger partial charge in [-0.3, -0.25) is 9.79 Å². The molecule has 7 nitrogen and oxygen atoms in total. The molecule has 1 N–H and O–H groups in total. The third-order valence-electron chi connectivity index (χ3n) is 5.87. The number of nitrogens with zero attached hydrogens (tertiary/aromatic N) is 3. The van der Waals surface area contributed by atoms with E-state index in [1.807, 2.05) is 12.1 Å². The Morgan fingerprint density at radius 3 is 2.62 bits per heavy atom. The number of para-hydroxylation sites is 2. The molecule has 2 aliphatic heterocycles. The average Bonchev–Trinajstić information content (AvgIpc) is 3.25. The number of esters is 1. The highest BCUT2D eigenvalue weighted by molar-refractivity contribution is 5.80. The lowest BCUT2D eigenvalue weighted by molar-refractivity contribution is -0.146. The Balaban J connectivity index is 1.56. The van der Waals surface area contributed by atoms with E-state index in [9.17, 15) is 4.79 Å². The molecule has 3 rings (SSSR count). The Morgan fingerprint density at radius 1 is 1.17 bits per heavy atom. The van der Waals surface area contributed by atoms with Crippen LogP contribution in [0.4, 0.5) is 5.69 Å². The van der Waals surface area contributed by atoms with Gasteiger partial charge < -0.3 is 24.6 Å². The van der Waals surface area contributed by atoms with Crippen LogP contribution in [0.25, 0.3) is 0 Å². The maximum atomic E-state index is 11.8. The molecule has 1 unspecified atom stereocenters. The Hall–Kier alpha value is -2.44. The minimum atomic E-state index is -0.0889. The molecule has 0 spiro atoms. The molecular weight excluding hydrogens is 368 g/mol. The van der Waals surface area contributed by atoms with Crippen LogP contribution in [0, 0.1) is 11.8 Å². The van der Waals surface area contributed by atoms with Gasteiger partial charge in [-0.25, -0.2) is 0 Å². The first-order valence-electron chi connectivity index (χ1n) is 10.6.